The topological polar surface area (TPSA) is 40.5 Å². The van der Waals surface area contributed by atoms with Crippen molar-refractivity contribution in [1.29, 1.82) is 0 Å². The molecule has 0 fully saturated rings. The molecule has 2 unspecified atom stereocenters. The molecular weight excluding hydrogens is 151 g/mol. The summed E-state index contributed by atoms with van der Waals surface area (Å²) < 4.78 is 0. The summed E-state index contributed by atoms with van der Waals surface area (Å²) in [5, 5.41) is 17.1. The maximum atomic E-state index is 8.56. The van der Waals surface area contributed by atoms with E-state index in [1.165, 1.54) is 0 Å². The van der Waals surface area contributed by atoms with Crippen molar-refractivity contribution >= 4 is 0 Å². The first-order chi connectivity index (χ1) is 3.13. The van der Waals surface area contributed by atoms with E-state index in [2.05, 4.69) is 0 Å². The number of hydrogen-bond donors (Lipinski definition) is 2. The SMILES string of the molecule is CC(O)CC(C)O.[Co]. The van der Waals surface area contributed by atoms with Gasteiger partial charge < -0.3 is 10.2 Å². The summed E-state index contributed by atoms with van der Waals surface area (Å²) in [7, 11) is 0. The van der Waals surface area contributed by atoms with Gasteiger partial charge in [-0.25, -0.2) is 0 Å². The van der Waals surface area contributed by atoms with Gasteiger partial charge in [0.25, 0.3) is 0 Å². The molecule has 2 atom stereocenters. The Morgan fingerprint density at radius 2 is 1.38 bits per heavy atom. The average Bonchev–Trinajstić information content (AvgIpc) is 1.27. The van der Waals surface area contributed by atoms with Crippen LogP contribution in [0, 0.1) is 0 Å². The molecule has 0 amide bonds. The molecule has 0 aliphatic heterocycles. The minimum Gasteiger partial charge on any atom is -0.393 e. The minimum atomic E-state index is -0.375. The first-order valence-corrected chi connectivity index (χ1v) is 2.49. The third-order valence-corrected chi connectivity index (χ3v) is 0.682. The van der Waals surface area contributed by atoms with E-state index in [0.29, 0.717) is 6.42 Å². The van der Waals surface area contributed by atoms with Gasteiger partial charge in [-0.2, -0.15) is 0 Å². The van der Waals surface area contributed by atoms with E-state index in [4.69, 9.17) is 10.2 Å². The van der Waals surface area contributed by atoms with Crippen molar-refractivity contribution in [3.8, 4) is 0 Å². The van der Waals surface area contributed by atoms with Gasteiger partial charge in [0.2, 0.25) is 0 Å². The van der Waals surface area contributed by atoms with E-state index < -0.39 is 0 Å². The van der Waals surface area contributed by atoms with E-state index in [9.17, 15) is 0 Å². The molecule has 3 heteroatoms. The van der Waals surface area contributed by atoms with E-state index >= 15 is 0 Å². The maximum absolute atomic E-state index is 8.56. The second kappa shape index (κ2) is 5.56. The molecule has 2 nitrogen and oxygen atoms in total. The van der Waals surface area contributed by atoms with Crippen molar-refractivity contribution in [2.75, 3.05) is 0 Å². The fraction of sp³-hybridized carbons (Fsp3) is 1.00. The van der Waals surface area contributed by atoms with E-state index in [1.807, 2.05) is 0 Å². The molecule has 0 aromatic heterocycles. The van der Waals surface area contributed by atoms with Gasteiger partial charge in [0.15, 0.2) is 0 Å². The first kappa shape index (κ1) is 11.3. The van der Waals surface area contributed by atoms with Gasteiger partial charge in [0.1, 0.15) is 0 Å². The third kappa shape index (κ3) is 9.66. The van der Waals surface area contributed by atoms with Crippen LogP contribution in [-0.4, -0.2) is 22.4 Å². The van der Waals surface area contributed by atoms with Crippen LogP contribution >= 0.6 is 0 Å². The van der Waals surface area contributed by atoms with Crippen LogP contribution in [0.5, 0.6) is 0 Å². The van der Waals surface area contributed by atoms with Gasteiger partial charge >= 0.3 is 0 Å². The second-order valence-electron chi connectivity index (χ2n) is 1.93. The second-order valence-corrected chi connectivity index (χ2v) is 1.93. The van der Waals surface area contributed by atoms with Crippen LogP contribution in [0.4, 0.5) is 0 Å². The van der Waals surface area contributed by atoms with E-state index in [1.54, 1.807) is 13.8 Å². The van der Waals surface area contributed by atoms with Gasteiger partial charge in [-0.05, 0) is 20.3 Å². The molecule has 0 aliphatic rings. The summed E-state index contributed by atoms with van der Waals surface area (Å²) in [6.45, 7) is 3.32. The number of aliphatic hydroxyl groups excluding tert-OH is 2. The van der Waals surface area contributed by atoms with Gasteiger partial charge in [-0.1, -0.05) is 0 Å². The molecule has 0 heterocycles. The smallest absolute Gasteiger partial charge is 0.0536 e. The summed E-state index contributed by atoms with van der Waals surface area (Å²) >= 11 is 0. The van der Waals surface area contributed by atoms with Crippen molar-refractivity contribution in [3.63, 3.8) is 0 Å². The van der Waals surface area contributed by atoms with Gasteiger partial charge in [0, 0.05) is 16.8 Å². The average molecular weight is 163 g/mol. The molecule has 0 saturated carbocycles. The molecule has 0 rings (SSSR count). The Morgan fingerprint density at radius 3 is 1.38 bits per heavy atom. The maximum Gasteiger partial charge on any atom is 0.0536 e. The molecule has 0 bridgehead atoms. The number of rotatable bonds is 2. The van der Waals surface area contributed by atoms with Crippen LogP contribution in [0.2, 0.25) is 0 Å². The largest absolute Gasteiger partial charge is 0.393 e. The van der Waals surface area contributed by atoms with Crippen molar-refractivity contribution in [2.24, 2.45) is 0 Å². The van der Waals surface area contributed by atoms with Crippen LogP contribution in [0.1, 0.15) is 20.3 Å². The zero-order valence-electron chi connectivity index (χ0n) is 5.09. The Kier molecular flexibility index (Phi) is 7.82. The Balaban J connectivity index is 0. The summed E-state index contributed by atoms with van der Waals surface area (Å²) in [6.07, 6.45) is -0.278. The fourth-order valence-electron chi connectivity index (χ4n) is 0.494. The molecule has 0 spiro atoms. The van der Waals surface area contributed by atoms with Crippen LogP contribution < -0.4 is 0 Å². The Hall–Kier alpha value is 0.426. The van der Waals surface area contributed by atoms with Crippen molar-refractivity contribution in [3.05, 3.63) is 0 Å². The van der Waals surface area contributed by atoms with Crippen molar-refractivity contribution in [2.45, 2.75) is 32.5 Å². The molecule has 8 heavy (non-hydrogen) atoms. The van der Waals surface area contributed by atoms with Gasteiger partial charge in [-0.15, -0.1) is 0 Å². The molecule has 2 N–H and O–H groups in total. The first-order valence-electron chi connectivity index (χ1n) is 2.49. The number of aliphatic hydroxyl groups is 2. The van der Waals surface area contributed by atoms with Crippen LogP contribution in [0.15, 0.2) is 0 Å². The molecule has 0 saturated heterocycles. The monoisotopic (exact) mass is 163 g/mol. The molecule has 53 valence electrons. The summed E-state index contributed by atoms with van der Waals surface area (Å²) in [6, 6.07) is 0. The molecule has 1 radical (unpaired) electrons. The zero-order valence-corrected chi connectivity index (χ0v) is 6.13. The quantitative estimate of drug-likeness (QED) is 0.607. The standard InChI is InChI=1S/C5H12O2.Co/c1-4(6)3-5(2)7;/h4-7H,3H2,1-2H3;. The zero-order chi connectivity index (χ0) is 5.86. The Labute approximate surface area is 60.1 Å². The Bertz CT molecular complexity index is 39.7. The third-order valence-electron chi connectivity index (χ3n) is 0.682. The summed E-state index contributed by atoms with van der Waals surface area (Å²) in [5.41, 5.74) is 0. The van der Waals surface area contributed by atoms with Gasteiger partial charge in [0.05, 0.1) is 12.2 Å². The predicted molar refractivity (Wildman–Crippen MR) is 28.0 cm³/mol. The molecule has 0 aromatic carbocycles. The van der Waals surface area contributed by atoms with Crippen LogP contribution in [0.3, 0.4) is 0 Å². The van der Waals surface area contributed by atoms with Crippen molar-refractivity contribution < 1.29 is 27.0 Å². The summed E-state index contributed by atoms with van der Waals surface area (Å²) in [4.78, 5) is 0. The summed E-state index contributed by atoms with van der Waals surface area (Å²) in [5.74, 6) is 0. The minimum absolute atomic E-state index is 0. The van der Waals surface area contributed by atoms with Crippen LogP contribution in [0.25, 0.3) is 0 Å². The normalized spacial score (nSPS) is 16.5. The molecular formula is C5H12CoO2. The number of hydrogen-bond acceptors (Lipinski definition) is 2. The Morgan fingerprint density at radius 1 is 1.12 bits per heavy atom. The van der Waals surface area contributed by atoms with E-state index in [-0.39, 0.29) is 29.0 Å². The predicted octanol–water partition coefficient (Wildman–Crippen LogP) is 0.136. The van der Waals surface area contributed by atoms with Crippen LogP contribution in [-0.2, 0) is 16.8 Å². The molecule has 0 aromatic rings. The fourth-order valence-corrected chi connectivity index (χ4v) is 0.494. The van der Waals surface area contributed by atoms with Crippen molar-refractivity contribution in [1.82, 2.24) is 0 Å². The van der Waals surface area contributed by atoms with Gasteiger partial charge in [-0.3, -0.25) is 0 Å². The van der Waals surface area contributed by atoms with E-state index in [0.717, 1.165) is 0 Å². The molecule has 0 aliphatic carbocycles.